The van der Waals surface area contributed by atoms with E-state index in [0.29, 0.717) is 12.6 Å². The second-order valence-electron chi connectivity index (χ2n) is 5.19. The second kappa shape index (κ2) is 6.78. The van der Waals surface area contributed by atoms with Crippen LogP contribution in [0.15, 0.2) is 12.4 Å². The van der Waals surface area contributed by atoms with E-state index in [4.69, 9.17) is 4.74 Å². The number of rotatable bonds is 6. The Bertz CT molecular complexity index is 351. The van der Waals surface area contributed by atoms with Crippen LogP contribution < -0.4 is 5.32 Å². The third-order valence-electron chi connectivity index (χ3n) is 3.94. The zero-order valence-electron chi connectivity index (χ0n) is 11.6. The first-order valence-electron chi connectivity index (χ1n) is 7.11. The molecule has 0 radical (unpaired) electrons. The van der Waals surface area contributed by atoms with Gasteiger partial charge in [0.25, 0.3) is 0 Å². The predicted octanol–water partition coefficient (Wildman–Crippen LogP) is 2.91. The SMILES string of the molecule is CCC1CCCCC1Nc1cnn(CCOC)c1. The molecule has 1 aliphatic rings. The average molecular weight is 251 g/mol. The number of hydrogen-bond donors (Lipinski definition) is 1. The van der Waals surface area contributed by atoms with Crippen LogP contribution in [0.1, 0.15) is 39.0 Å². The number of nitrogens with one attached hydrogen (secondary N) is 1. The topological polar surface area (TPSA) is 39.1 Å². The molecular weight excluding hydrogens is 226 g/mol. The predicted molar refractivity (Wildman–Crippen MR) is 73.8 cm³/mol. The molecule has 0 aliphatic heterocycles. The molecule has 1 fully saturated rings. The number of ether oxygens (including phenoxy) is 1. The van der Waals surface area contributed by atoms with Crippen molar-refractivity contribution in [2.24, 2.45) is 5.92 Å². The van der Waals surface area contributed by atoms with Crippen molar-refractivity contribution in [1.82, 2.24) is 9.78 Å². The third-order valence-corrected chi connectivity index (χ3v) is 3.94. The monoisotopic (exact) mass is 251 g/mol. The van der Waals surface area contributed by atoms with Crippen molar-refractivity contribution in [2.75, 3.05) is 19.0 Å². The van der Waals surface area contributed by atoms with Gasteiger partial charge in [-0.15, -0.1) is 0 Å². The highest BCUT2D eigenvalue weighted by atomic mass is 16.5. The minimum absolute atomic E-state index is 0.629. The summed E-state index contributed by atoms with van der Waals surface area (Å²) in [5.41, 5.74) is 1.15. The summed E-state index contributed by atoms with van der Waals surface area (Å²) in [6, 6.07) is 0.629. The van der Waals surface area contributed by atoms with Crippen LogP contribution in [0.3, 0.4) is 0 Å². The molecule has 0 aromatic carbocycles. The van der Waals surface area contributed by atoms with Crippen LogP contribution in [-0.2, 0) is 11.3 Å². The van der Waals surface area contributed by atoms with Crippen molar-refractivity contribution in [3.05, 3.63) is 12.4 Å². The highest BCUT2D eigenvalue weighted by Gasteiger charge is 2.23. The smallest absolute Gasteiger partial charge is 0.0728 e. The Kier molecular flexibility index (Phi) is 5.05. The molecule has 2 atom stereocenters. The highest BCUT2D eigenvalue weighted by Crippen LogP contribution is 2.29. The maximum absolute atomic E-state index is 5.06. The van der Waals surface area contributed by atoms with Crippen molar-refractivity contribution >= 4 is 5.69 Å². The summed E-state index contributed by atoms with van der Waals surface area (Å²) in [6.07, 6.45) is 10.7. The van der Waals surface area contributed by atoms with E-state index < -0.39 is 0 Å². The Morgan fingerprint density at radius 2 is 2.28 bits per heavy atom. The maximum atomic E-state index is 5.06. The van der Waals surface area contributed by atoms with Gasteiger partial charge in [0.1, 0.15) is 0 Å². The molecule has 18 heavy (non-hydrogen) atoms. The van der Waals surface area contributed by atoms with Gasteiger partial charge in [0.15, 0.2) is 0 Å². The highest BCUT2D eigenvalue weighted by molar-refractivity contribution is 5.39. The van der Waals surface area contributed by atoms with E-state index in [-0.39, 0.29) is 0 Å². The molecular formula is C14H25N3O. The molecule has 1 aliphatic carbocycles. The fourth-order valence-corrected chi connectivity index (χ4v) is 2.85. The Labute approximate surface area is 110 Å². The van der Waals surface area contributed by atoms with Gasteiger partial charge in [-0.25, -0.2) is 0 Å². The molecule has 1 saturated carbocycles. The normalized spacial score (nSPS) is 24.1. The van der Waals surface area contributed by atoms with Crippen molar-refractivity contribution in [2.45, 2.75) is 51.6 Å². The minimum atomic E-state index is 0.629. The summed E-state index contributed by atoms with van der Waals surface area (Å²) in [6.45, 7) is 3.83. The Morgan fingerprint density at radius 3 is 3.06 bits per heavy atom. The first-order chi connectivity index (χ1) is 8.83. The molecule has 1 heterocycles. The summed E-state index contributed by atoms with van der Waals surface area (Å²) in [7, 11) is 1.72. The van der Waals surface area contributed by atoms with E-state index in [2.05, 4.69) is 23.5 Å². The standard InChI is InChI=1S/C14H25N3O/c1-3-12-6-4-5-7-14(12)16-13-10-15-17(11-13)8-9-18-2/h10-12,14,16H,3-9H2,1-2H3. The zero-order chi connectivity index (χ0) is 12.8. The number of anilines is 1. The van der Waals surface area contributed by atoms with Crippen LogP contribution in [0.4, 0.5) is 5.69 Å². The molecule has 1 aromatic heterocycles. The van der Waals surface area contributed by atoms with Crippen LogP contribution in [0.5, 0.6) is 0 Å². The quantitative estimate of drug-likeness (QED) is 0.845. The van der Waals surface area contributed by atoms with Crippen molar-refractivity contribution < 1.29 is 4.74 Å². The van der Waals surface area contributed by atoms with E-state index in [1.165, 1.54) is 32.1 Å². The minimum Gasteiger partial charge on any atom is -0.383 e. The van der Waals surface area contributed by atoms with Crippen LogP contribution in [0, 0.1) is 5.92 Å². The lowest BCUT2D eigenvalue weighted by atomic mass is 9.83. The molecule has 1 aromatic rings. The largest absolute Gasteiger partial charge is 0.383 e. The summed E-state index contributed by atoms with van der Waals surface area (Å²) < 4.78 is 7.00. The molecule has 0 amide bonds. The van der Waals surface area contributed by atoms with E-state index in [1.807, 2.05) is 10.9 Å². The van der Waals surface area contributed by atoms with Crippen LogP contribution in [0.2, 0.25) is 0 Å². The molecule has 102 valence electrons. The van der Waals surface area contributed by atoms with Gasteiger partial charge in [-0.2, -0.15) is 5.10 Å². The van der Waals surface area contributed by atoms with E-state index in [0.717, 1.165) is 18.2 Å². The number of aromatic nitrogens is 2. The van der Waals surface area contributed by atoms with Gasteiger partial charge in [-0.1, -0.05) is 26.2 Å². The lowest BCUT2D eigenvalue weighted by molar-refractivity contribution is 0.183. The van der Waals surface area contributed by atoms with Crippen LogP contribution in [-0.4, -0.2) is 29.5 Å². The maximum Gasteiger partial charge on any atom is 0.0728 e. The first kappa shape index (κ1) is 13.4. The molecule has 0 spiro atoms. The lowest BCUT2D eigenvalue weighted by Gasteiger charge is -2.31. The zero-order valence-corrected chi connectivity index (χ0v) is 11.6. The molecule has 2 unspecified atom stereocenters. The summed E-state index contributed by atoms with van der Waals surface area (Å²) in [5, 5.41) is 8.00. The fourth-order valence-electron chi connectivity index (χ4n) is 2.85. The lowest BCUT2D eigenvalue weighted by Crippen LogP contribution is -2.31. The van der Waals surface area contributed by atoms with Crippen LogP contribution in [0.25, 0.3) is 0 Å². The molecule has 4 heteroatoms. The van der Waals surface area contributed by atoms with E-state index >= 15 is 0 Å². The molecule has 4 nitrogen and oxygen atoms in total. The molecule has 0 saturated heterocycles. The van der Waals surface area contributed by atoms with Crippen molar-refractivity contribution in [3.63, 3.8) is 0 Å². The number of hydrogen-bond acceptors (Lipinski definition) is 3. The van der Waals surface area contributed by atoms with Crippen molar-refractivity contribution in [3.8, 4) is 0 Å². The van der Waals surface area contributed by atoms with Gasteiger partial charge in [0.05, 0.1) is 25.0 Å². The summed E-state index contributed by atoms with van der Waals surface area (Å²) in [4.78, 5) is 0. The average Bonchev–Trinajstić information content (AvgIpc) is 2.84. The summed E-state index contributed by atoms with van der Waals surface area (Å²) in [5.74, 6) is 0.820. The molecule has 1 N–H and O–H groups in total. The molecule has 0 bridgehead atoms. The van der Waals surface area contributed by atoms with E-state index in [9.17, 15) is 0 Å². The number of nitrogens with zero attached hydrogens (tertiary/aromatic N) is 2. The fraction of sp³-hybridized carbons (Fsp3) is 0.786. The van der Waals surface area contributed by atoms with Gasteiger partial charge >= 0.3 is 0 Å². The summed E-state index contributed by atoms with van der Waals surface area (Å²) >= 11 is 0. The van der Waals surface area contributed by atoms with Crippen molar-refractivity contribution in [1.29, 1.82) is 0 Å². The van der Waals surface area contributed by atoms with Gasteiger partial charge in [-0.05, 0) is 18.8 Å². The van der Waals surface area contributed by atoms with Gasteiger partial charge in [-0.3, -0.25) is 4.68 Å². The third kappa shape index (κ3) is 3.48. The second-order valence-corrected chi connectivity index (χ2v) is 5.19. The first-order valence-corrected chi connectivity index (χ1v) is 7.11. The van der Waals surface area contributed by atoms with E-state index in [1.54, 1.807) is 7.11 Å². The Balaban J connectivity index is 1.89. The van der Waals surface area contributed by atoms with Gasteiger partial charge in [0.2, 0.25) is 0 Å². The van der Waals surface area contributed by atoms with Crippen LogP contribution >= 0.6 is 0 Å². The Morgan fingerprint density at radius 1 is 1.44 bits per heavy atom. The van der Waals surface area contributed by atoms with Gasteiger partial charge < -0.3 is 10.1 Å². The molecule has 2 rings (SSSR count). The van der Waals surface area contributed by atoms with Gasteiger partial charge in [0, 0.05) is 19.3 Å². The number of methoxy groups -OCH3 is 1. The Hall–Kier alpha value is -1.03.